The zero-order chi connectivity index (χ0) is 17.8. The van der Waals surface area contributed by atoms with Crippen LogP contribution in [0.4, 0.5) is 11.4 Å². The standard InChI is InChI=1S/C19H25N3O3/c1-13-6-2-3-7-14(13)20-17(23)10-11-19(25)22-12-18(24)21-15-8-4-5-9-16(15)22/h4-5,8-9,13-14H,2-3,6-7,10-12H2,1H3,(H,20,23)(H,21,24). The largest absolute Gasteiger partial charge is 0.353 e. The van der Waals surface area contributed by atoms with Crippen LogP contribution in [-0.2, 0) is 14.4 Å². The molecule has 1 aromatic rings. The number of carbonyl (C=O) groups is 3. The van der Waals surface area contributed by atoms with Gasteiger partial charge in [-0.05, 0) is 30.9 Å². The van der Waals surface area contributed by atoms with Gasteiger partial charge >= 0.3 is 0 Å². The first-order valence-electron chi connectivity index (χ1n) is 9.03. The van der Waals surface area contributed by atoms with Crippen molar-refractivity contribution in [3.63, 3.8) is 0 Å². The molecule has 0 aromatic heterocycles. The lowest BCUT2D eigenvalue weighted by Crippen LogP contribution is -2.43. The summed E-state index contributed by atoms with van der Waals surface area (Å²) in [6.45, 7) is 2.16. The van der Waals surface area contributed by atoms with Gasteiger partial charge in [-0.2, -0.15) is 0 Å². The predicted octanol–water partition coefficient (Wildman–Crippen LogP) is 2.45. The molecular formula is C19H25N3O3. The molecule has 1 fully saturated rings. The molecule has 0 radical (unpaired) electrons. The fourth-order valence-electron chi connectivity index (χ4n) is 3.62. The van der Waals surface area contributed by atoms with Crippen LogP contribution in [0.1, 0.15) is 45.4 Å². The highest BCUT2D eigenvalue weighted by molar-refractivity contribution is 6.10. The fourth-order valence-corrected chi connectivity index (χ4v) is 3.62. The van der Waals surface area contributed by atoms with E-state index in [0.717, 1.165) is 19.3 Å². The lowest BCUT2D eigenvalue weighted by Gasteiger charge is -2.30. The molecule has 25 heavy (non-hydrogen) atoms. The third kappa shape index (κ3) is 4.18. The van der Waals surface area contributed by atoms with Crippen LogP contribution in [0.25, 0.3) is 0 Å². The molecule has 1 aliphatic carbocycles. The number of fused-ring (bicyclic) bond motifs is 1. The number of hydrogen-bond acceptors (Lipinski definition) is 3. The van der Waals surface area contributed by atoms with E-state index in [1.807, 2.05) is 12.1 Å². The predicted molar refractivity (Wildman–Crippen MR) is 96.2 cm³/mol. The van der Waals surface area contributed by atoms with Gasteiger partial charge in [0.2, 0.25) is 17.7 Å². The Morgan fingerprint density at radius 3 is 2.76 bits per heavy atom. The molecule has 1 aromatic carbocycles. The number of hydrogen-bond donors (Lipinski definition) is 2. The molecular weight excluding hydrogens is 318 g/mol. The highest BCUT2D eigenvalue weighted by Gasteiger charge is 2.27. The second-order valence-corrected chi connectivity index (χ2v) is 6.98. The van der Waals surface area contributed by atoms with Crippen molar-refractivity contribution in [1.29, 1.82) is 0 Å². The maximum atomic E-state index is 12.5. The SMILES string of the molecule is CC1CCCCC1NC(=O)CCC(=O)N1CC(=O)Nc2ccccc21. The number of benzene rings is 1. The summed E-state index contributed by atoms with van der Waals surface area (Å²) < 4.78 is 0. The van der Waals surface area contributed by atoms with E-state index in [-0.39, 0.29) is 43.1 Å². The van der Waals surface area contributed by atoms with Crippen LogP contribution in [-0.4, -0.2) is 30.3 Å². The summed E-state index contributed by atoms with van der Waals surface area (Å²) in [7, 11) is 0. The topological polar surface area (TPSA) is 78.5 Å². The number of amides is 3. The Kier molecular flexibility index (Phi) is 5.36. The normalized spacial score (nSPS) is 22.8. The average molecular weight is 343 g/mol. The Morgan fingerprint density at radius 2 is 1.96 bits per heavy atom. The van der Waals surface area contributed by atoms with E-state index in [2.05, 4.69) is 17.6 Å². The van der Waals surface area contributed by atoms with E-state index in [0.29, 0.717) is 17.3 Å². The summed E-state index contributed by atoms with van der Waals surface area (Å²) in [5, 5.41) is 5.82. The molecule has 2 atom stereocenters. The molecule has 6 nitrogen and oxygen atoms in total. The van der Waals surface area contributed by atoms with Crippen LogP contribution in [0.5, 0.6) is 0 Å². The van der Waals surface area contributed by atoms with Crippen LogP contribution >= 0.6 is 0 Å². The first kappa shape index (κ1) is 17.5. The zero-order valence-corrected chi connectivity index (χ0v) is 14.6. The molecule has 1 aliphatic heterocycles. The molecule has 2 N–H and O–H groups in total. The Balaban J connectivity index is 1.56. The van der Waals surface area contributed by atoms with Gasteiger partial charge in [0.05, 0.1) is 11.4 Å². The summed E-state index contributed by atoms with van der Waals surface area (Å²) >= 11 is 0. The second-order valence-electron chi connectivity index (χ2n) is 6.98. The highest BCUT2D eigenvalue weighted by atomic mass is 16.2. The summed E-state index contributed by atoms with van der Waals surface area (Å²) in [6, 6.07) is 7.43. The average Bonchev–Trinajstić information content (AvgIpc) is 2.61. The van der Waals surface area contributed by atoms with Gasteiger partial charge in [-0.15, -0.1) is 0 Å². The van der Waals surface area contributed by atoms with E-state index in [1.165, 1.54) is 11.3 Å². The van der Waals surface area contributed by atoms with E-state index in [9.17, 15) is 14.4 Å². The third-order valence-corrected chi connectivity index (χ3v) is 5.10. The zero-order valence-electron chi connectivity index (χ0n) is 14.6. The Bertz CT molecular complexity index is 674. The fraction of sp³-hybridized carbons (Fsp3) is 0.526. The van der Waals surface area contributed by atoms with Gasteiger partial charge in [-0.1, -0.05) is 31.9 Å². The van der Waals surface area contributed by atoms with Crippen LogP contribution in [0.3, 0.4) is 0 Å². The monoisotopic (exact) mass is 343 g/mol. The van der Waals surface area contributed by atoms with Gasteiger partial charge < -0.3 is 15.5 Å². The number of carbonyl (C=O) groups excluding carboxylic acids is 3. The van der Waals surface area contributed by atoms with Gasteiger partial charge in [0.15, 0.2) is 0 Å². The molecule has 6 heteroatoms. The third-order valence-electron chi connectivity index (χ3n) is 5.10. The van der Waals surface area contributed by atoms with E-state index >= 15 is 0 Å². The molecule has 0 spiro atoms. The van der Waals surface area contributed by atoms with E-state index in [4.69, 9.17) is 0 Å². The first-order valence-corrected chi connectivity index (χ1v) is 9.03. The van der Waals surface area contributed by atoms with Crippen LogP contribution in [0, 0.1) is 5.92 Å². The van der Waals surface area contributed by atoms with Gasteiger partial charge in [-0.25, -0.2) is 0 Å². The van der Waals surface area contributed by atoms with Crippen molar-refractivity contribution in [3.8, 4) is 0 Å². The van der Waals surface area contributed by atoms with Crippen LogP contribution in [0.15, 0.2) is 24.3 Å². The maximum Gasteiger partial charge on any atom is 0.244 e. The van der Waals surface area contributed by atoms with Crippen molar-refractivity contribution >= 4 is 29.1 Å². The van der Waals surface area contributed by atoms with E-state index < -0.39 is 0 Å². The molecule has 134 valence electrons. The van der Waals surface area contributed by atoms with Crippen LogP contribution in [0.2, 0.25) is 0 Å². The number of rotatable bonds is 4. The molecule has 0 saturated heterocycles. The van der Waals surface area contributed by atoms with Gasteiger partial charge in [0, 0.05) is 18.9 Å². The number of nitrogens with zero attached hydrogens (tertiary/aromatic N) is 1. The summed E-state index contributed by atoms with van der Waals surface area (Å²) in [5.74, 6) is -0.00501. The molecule has 2 aliphatic rings. The Labute approximate surface area is 148 Å². The maximum absolute atomic E-state index is 12.5. The molecule has 1 heterocycles. The van der Waals surface area contributed by atoms with Crippen molar-refractivity contribution in [2.75, 3.05) is 16.8 Å². The Morgan fingerprint density at radius 1 is 1.20 bits per heavy atom. The van der Waals surface area contributed by atoms with E-state index in [1.54, 1.807) is 12.1 Å². The summed E-state index contributed by atoms with van der Waals surface area (Å²) in [5.41, 5.74) is 1.32. The minimum absolute atomic E-state index is 0.00285. The molecule has 3 amide bonds. The van der Waals surface area contributed by atoms with Gasteiger partial charge in [0.1, 0.15) is 6.54 Å². The second kappa shape index (κ2) is 7.68. The number of para-hydroxylation sites is 2. The lowest BCUT2D eigenvalue weighted by atomic mass is 9.86. The molecule has 2 unspecified atom stereocenters. The quantitative estimate of drug-likeness (QED) is 0.881. The van der Waals surface area contributed by atoms with Crippen molar-refractivity contribution in [3.05, 3.63) is 24.3 Å². The summed E-state index contributed by atoms with van der Waals surface area (Å²) in [4.78, 5) is 38.0. The highest BCUT2D eigenvalue weighted by Crippen LogP contribution is 2.29. The van der Waals surface area contributed by atoms with Crippen LogP contribution < -0.4 is 15.5 Å². The Hall–Kier alpha value is -2.37. The number of anilines is 2. The summed E-state index contributed by atoms with van der Waals surface area (Å²) in [6.07, 6.45) is 4.79. The first-order chi connectivity index (χ1) is 12.0. The minimum atomic E-state index is -0.215. The van der Waals surface area contributed by atoms with Gasteiger partial charge in [0.25, 0.3) is 0 Å². The van der Waals surface area contributed by atoms with Crippen molar-refractivity contribution in [2.24, 2.45) is 5.92 Å². The van der Waals surface area contributed by atoms with Crippen molar-refractivity contribution in [2.45, 2.75) is 51.5 Å². The van der Waals surface area contributed by atoms with Crippen molar-refractivity contribution in [1.82, 2.24) is 5.32 Å². The number of nitrogens with one attached hydrogen (secondary N) is 2. The molecule has 0 bridgehead atoms. The molecule has 3 rings (SSSR count). The smallest absolute Gasteiger partial charge is 0.244 e. The minimum Gasteiger partial charge on any atom is -0.353 e. The van der Waals surface area contributed by atoms with Crippen molar-refractivity contribution < 1.29 is 14.4 Å². The lowest BCUT2D eigenvalue weighted by molar-refractivity contribution is -0.126. The molecule has 1 saturated carbocycles. The van der Waals surface area contributed by atoms with Gasteiger partial charge in [-0.3, -0.25) is 14.4 Å².